The molecule has 6 heteroatoms. The maximum atomic E-state index is 13.1. The molecule has 5 nitrogen and oxygen atoms in total. The predicted octanol–water partition coefficient (Wildman–Crippen LogP) is 1.18. The number of carboxylic acid groups (broad SMARTS) is 1. The Morgan fingerprint density at radius 3 is 2.72 bits per heavy atom. The van der Waals surface area contributed by atoms with E-state index in [0.29, 0.717) is 0 Å². The molecule has 1 unspecified atom stereocenters. The first kappa shape index (κ1) is 14.0. The highest BCUT2D eigenvalue weighted by atomic mass is 19.1. The van der Waals surface area contributed by atoms with E-state index >= 15 is 0 Å². The number of carbonyl (C=O) groups is 2. The molecule has 1 aromatic carbocycles. The molecule has 0 aliphatic carbocycles. The first-order valence-corrected chi connectivity index (χ1v) is 5.40. The molecule has 0 heterocycles. The van der Waals surface area contributed by atoms with Crippen molar-refractivity contribution in [3.05, 3.63) is 30.1 Å². The van der Waals surface area contributed by atoms with Crippen LogP contribution in [0.25, 0.3) is 0 Å². The summed E-state index contributed by atoms with van der Waals surface area (Å²) >= 11 is 0. The normalized spacial score (nSPS) is 11.7. The van der Waals surface area contributed by atoms with Gasteiger partial charge in [0.05, 0.1) is 13.0 Å². The number of amides is 1. The highest BCUT2D eigenvalue weighted by Gasteiger charge is 2.13. The second-order valence-corrected chi connectivity index (χ2v) is 3.66. The fraction of sp³-hybridized carbons (Fsp3) is 0.333. The number of nitrogens with one attached hydrogen (secondary N) is 1. The van der Waals surface area contributed by atoms with E-state index in [1.165, 1.54) is 25.1 Å². The van der Waals surface area contributed by atoms with E-state index in [9.17, 15) is 14.0 Å². The van der Waals surface area contributed by atoms with Crippen LogP contribution < -0.4 is 10.1 Å². The van der Waals surface area contributed by atoms with Gasteiger partial charge in [0.1, 0.15) is 6.04 Å². The smallest absolute Gasteiger partial charge is 0.325 e. The highest BCUT2D eigenvalue weighted by Crippen LogP contribution is 2.15. The summed E-state index contributed by atoms with van der Waals surface area (Å²) in [5.41, 5.74) is 0. The standard InChI is InChI=1S/C12H14FNO4/c1-8(12(16)17)14-11(15)6-7-18-10-5-3-2-4-9(10)13/h2-5,8H,6-7H2,1H3,(H,14,15)(H,16,17). The van der Waals surface area contributed by atoms with E-state index in [1.54, 1.807) is 6.07 Å². The molecule has 0 aromatic heterocycles. The van der Waals surface area contributed by atoms with Crippen molar-refractivity contribution in [3.8, 4) is 5.75 Å². The van der Waals surface area contributed by atoms with Gasteiger partial charge in [0.2, 0.25) is 5.91 Å². The zero-order valence-corrected chi connectivity index (χ0v) is 9.85. The summed E-state index contributed by atoms with van der Waals surface area (Å²) in [5, 5.41) is 10.8. The molecule has 18 heavy (non-hydrogen) atoms. The molecule has 0 aliphatic heterocycles. The number of hydrogen-bond donors (Lipinski definition) is 2. The van der Waals surface area contributed by atoms with E-state index in [1.807, 2.05) is 0 Å². The Bertz CT molecular complexity index is 436. The van der Waals surface area contributed by atoms with Crippen LogP contribution in [0, 0.1) is 5.82 Å². The summed E-state index contributed by atoms with van der Waals surface area (Å²) < 4.78 is 18.2. The lowest BCUT2D eigenvalue weighted by atomic mass is 10.3. The summed E-state index contributed by atoms with van der Waals surface area (Å²) in [6.07, 6.45) is -0.0358. The third kappa shape index (κ3) is 4.40. The summed E-state index contributed by atoms with van der Waals surface area (Å²) in [6.45, 7) is 1.34. The van der Waals surface area contributed by atoms with Crippen molar-refractivity contribution in [1.82, 2.24) is 5.32 Å². The van der Waals surface area contributed by atoms with Crippen molar-refractivity contribution in [2.24, 2.45) is 0 Å². The molecule has 1 atom stereocenters. The van der Waals surface area contributed by atoms with Gasteiger partial charge in [0, 0.05) is 0 Å². The van der Waals surface area contributed by atoms with E-state index in [-0.39, 0.29) is 18.8 Å². The molecule has 0 spiro atoms. The van der Waals surface area contributed by atoms with Crippen LogP contribution in [0.15, 0.2) is 24.3 Å². The average molecular weight is 255 g/mol. The molecular weight excluding hydrogens is 241 g/mol. The zero-order valence-electron chi connectivity index (χ0n) is 9.85. The quantitative estimate of drug-likeness (QED) is 0.800. The second-order valence-electron chi connectivity index (χ2n) is 3.66. The molecule has 1 aromatic rings. The second kappa shape index (κ2) is 6.58. The molecule has 1 rings (SSSR count). The Morgan fingerprint density at radius 2 is 2.11 bits per heavy atom. The minimum absolute atomic E-state index is 0.0148. The van der Waals surface area contributed by atoms with Gasteiger partial charge in [-0.05, 0) is 19.1 Å². The highest BCUT2D eigenvalue weighted by molar-refractivity contribution is 5.83. The van der Waals surface area contributed by atoms with Crippen LogP contribution in [-0.2, 0) is 9.59 Å². The minimum Gasteiger partial charge on any atom is -0.490 e. The lowest BCUT2D eigenvalue weighted by molar-refractivity contribution is -0.141. The first-order chi connectivity index (χ1) is 8.50. The van der Waals surface area contributed by atoms with Crippen LogP contribution in [0.4, 0.5) is 4.39 Å². The van der Waals surface area contributed by atoms with Crippen molar-refractivity contribution in [2.75, 3.05) is 6.61 Å². The number of hydrogen-bond acceptors (Lipinski definition) is 3. The van der Waals surface area contributed by atoms with Gasteiger partial charge in [-0.25, -0.2) is 4.39 Å². The number of ether oxygens (including phenoxy) is 1. The van der Waals surface area contributed by atoms with E-state index in [0.717, 1.165) is 0 Å². The van der Waals surface area contributed by atoms with Gasteiger partial charge in [-0.1, -0.05) is 12.1 Å². The van der Waals surface area contributed by atoms with Crippen molar-refractivity contribution < 1.29 is 23.8 Å². The number of rotatable bonds is 6. The number of aliphatic carboxylic acids is 1. The Kier molecular flexibility index (Phi) is 5.10. The lowest BCUT2D eigenvalue weighted by Crippen LogP contribution is -2.38. The van der Waals surface area contributed by atoms with Gasteiger partial charge in [-0.15, -0.1) is 0 Å². The fourth-order valence-corrected chi connectivity index (χ4v) is 1.19. The van der Waals surface area contributed by atoms with Crippen molar-refractivity contribution in [3.63, 3.8) is 0 Å². The molecule has 0 aliphatic rings. The maximum Gasteiger partial charge on any atom is 0.325 e. The van der Waals surface area contributed by atoms with E-state index < -0.39 is 23.7 Å². The average Bonchev–Trinajstić information content (AvgIpc) is 2.31. The maximum absolute atomic E-state index is 13.1. The van der Waals surface area contributed by atoms with Gasteiger partial charge < -0.3 is 15.2 Å². The molecule has 0 bridgehead atoms. The summed E-state index contributed by atoms with van der Waals surface area (Å²) in [5.74, 6) is -2.01. The Morgan fingerprint density at radius 1 is 1.44 bits per heavy atom. The topological polar surface area (TPSA) is 75.6 Å². The van der Waals surface area contributed by atoms with Crippen molar-refractivity contribution >= 4 is 11.9 Å². The molecule has 0 fully saturated rings. The van der Waals surface area contributed by atoms with Gasteiger partial charge in [0.15, 0.2) is 11.6 Å². The third-order valence-electron chi connectivity index (χ3n) is 2.17. The van der Waals surface area contributed by atoms with Gasteiger partial charge >= 0.3 is 5.97 Å². The van der Waals surface area contributed by atoms with Crippen LogP contribution in [0.2, 0.25) is 0 Å². The molecule has 98 valence electrons. The van der Waals surface area contributed by atoms with Crippen molar-refractivity contribution in [1.29, 1.82) is 0 Å². The lowest BCUT2D eigenvalue weighted by Gasteiger charge is -2.10. The molecule has 0 radical (unpaired) electrons. The number of halogens is 1. The molecule has 2 N–H and O–H groups in total. The van der Waals surface area contributed by atoms with Gasteiger partial charge in [-0.3, -0.25) is 9.59 Å². The summed E-state index contributed by atoms with van der Waals surface area (Å²) in [7, 11) is 0. The van der Waals surface area contributed by atoms with Crippen LogP contribution >= 0.6 is 0 Å². The van der Waals surface area contributed by atoms with Gasteiger partial charge in [0.25, 0.3) is 0 Å². The van der Waals surface area contributed by atoms with Crippen LogP contribution in [0.1, 0.15) is 13.3 Å². The zero-order chi connectivity index (χ0) is 13.5. The fourth-order valence-electron chi connectivity index (χ4n) is 1.19. The summed E-state index contributed by atoms with van der Waals surface area (Å²) in [6, 6.07) is 4.90. The SMILES string of the molecule is CC(NC(=O)CCOc1ccccc1F)C(=O)O. The van der Waals surface area contributed by atoms with E-state index in [2.05, 4.69) is 5.32 Å². The van der Waals surface area contributed by atoms with E-state index in [4.69, 9.17) is 9.84 Å². The van der Waals surface area contributed by atoms with Crippen LogP contribution in [0.3, 0.4) is 0 Å². The number of carboxylic acids is 1. The summed E-state index contributed by atoms with van der Waals surface area (Å²) in [4.78, 5) is 21.8. The molecule has 0 saturated heterocycles. The third-order valence-corrected chi connectivity index (χ3v) is 2.17. The van der Waals surface area contributed by atoms with Crippen molar-refractivity contribution in [2.45, 2.75) is 19.4 Å². The predicted molar refractivity (Wildman–Crippen MR) is 61.8 cm³/mol. The van der Waals surface area contributed by atoms with Gasteiger partial charge in [-0.2, -0.15) is 0 Å². The van der Waals surface area contributed by atoms with Crippen LogP contribution in [-0.4, -0.2) is 29.6 Å². The van der Waals surface area contributed by atoms with Crippen LogP contribution in [0.5, 0.6) is 5.75 Å². The number of para-hydroxylation sites is 1. The number of carbonyl (C=O) groups excluding carboxylic acids is 1. The monoisotopic (exact) mass is 255 g/mol. The Labute approximate surface area is 104 Å². The Balaban J connectivity index is 2.32. The Hall–Kier alpha value is -2.11. The number of benzene rings is 1. The molecule has 1 amide bonds. The molecular formula is C12H14FNO4. The largest absolute Gasteiger partial charge is 0.490 e. The minimum atomic E-state index is -1.11. The first-order valence-electron chi connectivity index (χ1n) is 5.40. The molecule has 0 saturated carbocycles.